The van der Waals surface area contributed by atoms with Crippen LogP contribution in [0.5, 0.6) is 0 Å². The average molecular weight is 420 g/mol. The third-order valence-electron chi connectivity index (χ3n) is 6.08. The summed E-state index contributed by atoms with van der Waals surface area (Å²) in [6.07, 6.45) is 7.27. The number of thiazole rings is 1. The van der Waals surface area contributed by atoms with E-state index in [0.717, 1.165) is 36.3 Å². The average Bonchev–Trinajstić information content (AvgIpc) is 3.21. The highest BCUT2D eigenvalue weighted by molar-refractivity contribution is 7.07. The maximum absolute atomic E-state index is 5.02. The number of nitrogens with zero attached hydrogens (tertiary/aromatic N) is 3. The molecule has 3 aromatic rings. The van der Waals surface area contributed by atoms with Crippen molar-refractivity contribution in [1.82, 2.24) is 9.47 Å². The molecule has 1 fully saturated rings. The fourth-order valence-electron chi connectivity index (χ4n) is 4.13. The van der Waals surface area contributed by atoms with Gasteiger partial charge in [0.2, 0.25) is 0 Å². The molecule has 0 spiro atoms. The maximum atomic E-state index is 5.02. The van der Waals surface area contributed by atoms with E-state index in [-0.39, 0.29) is 0 Å². The van der Waals surface area contributed by atoms with E-state index in [4.69, 9.17) is 4.99 Å². The Hall–Kier alpha value is -2.17. The van der Waals surface area contributed by atoms with Crippen LogP contribution in [0.25, 0.3) is 5.69 Å². The van der Waals surface area contributed by atoms with Crippen LogP contribution in [-0.2, 0) is 19.3 Å². The van der Waals surface area contributed by atoms with Gasteiger partial charge >= 0.3 is 0 Å². The summed E-state index contributed by atoms with van der Waals surface area (Å²) >= 11 is 1.75. The molecule has 2 aromatic carbocycles. The second-order valence-corrected chi connectivity index (χ2v) is 8.99. The van der Waals surface area contributed by atoms with Crippen LogP contribution in [0.4, 0.5) is 5.69 Å². The zero-order valence-electron chi connectivity index (χ0n) is 18.3. The minimum atomic E-state index is 1.02. The molecule has 0 atom stereocenters. The molecule has 0 unspecified atom stereocenters. The van der Waals surface area contributed by atoms with Crippen molar-refractivity contribution in [1.29, 1.82) is 0 Å². The molecule has 0 amide bonds. The van der Waals surface area contributed by atoms with Gasteiger partial charge in [-0.1, -0.05) is 44.5 Å². The van der Waals surface area contributed by atoms with Crippen LogP contribution < -0.4 is 4.80 Å². The van der Waals surface area contributed by atoms with Crippen LogP contribution in [-0.4, -0.2) is 29.1 Å². The number of rotatable bonds is 7. The summed E-state index contributed by atoms with van der Waals surface area (Å²) in [7, 11) is 0. The summed E-state index contributed by atoms with van der Waals surface area (Å²) in [5.41, 5.74) is 6.32. The van der Waals surface area contributed by atoms with Crippen LogP contribution in [0.3, 0.4) is 0 Å². The van der Waals surface area contributed by atoms with Crippen molar-refractivity contribution < 1.29 is 0 Å². The molecule has 2 heterocycles. The van der Waals surface area contributed by atoms with E-state index >= 15 is 0 Å². The SMILES string of the molecule is CCc1ccc(N=c2scc(CCN3CCCCC3)n2-c2ccc(CC)cc2)cc1. The monoisotopic (exact) mass is 419 g/mol. The van der Waals surface area contributed by atoms with Gasteiger partial charge in [-0.3, -0.25) is 4.57 Å². The zero-order chi connectivity index (χ0) is 20.8. The highest BCUT2D eigenvalue weighted by Crippen LogP contribution is 2.18. The maximum Gasteiger partial charge on any atom is 0.194 e. The quantitative estimate of drug-likeness (QED) is 0.465. The van der Waals surface area contributed by atoms with E-state index in [1.165, 1.54) is 54.9 Å². The van der Waals surface area contributed by atoms with Crippen LogP contribution in [0.1, 0.15) is 49.9 Å². The second-order valence-electron chi connectivity index (χ2n) is 8.15. The number of benzene rings is 2. The minimum Gasteiger partial charge on any atom is -0.303 e. The van der Waals surface area contributed by atoms with Crippen LogP contribution in [0.15, 0.2) is 58.9 Å². The van der Waals surface area contributed by atoms with Gasteiger partial charge in [-0.2, -0.15) is 0 Å². The first-order valence-corrected chi connectivity index (χ1v) is 12.3. The van der Waals surface area contributed by atoms with Crippen LogP contribution in [0, 0.1) is 0 Å². The van der Waals surface area contributed by atoms with Crippen molar-refractivity contribution in [2.24, 2.45) is 4.99 Å². The molecule has 1 saturated heterocycles. The van der Waals surface area contributed by atoms with Crippen molar-refractivity contribution in [3.05, 3.63) is 75.5 Å². The first-order chi connectivity index (χ1) is 14.8. The summed E-state index contributed by atoms with van der Waals surface area (Å²) in [6.45, 7) is 8.02. The lowest BCUT2D eigenvalue weighted by molar-refractivity contribution is 0.230. The van der Waals surface area contributed by atoms with Gasteiger partial charge in [0.25, 0.3) is 0 Å². The van der Waals surface area contributed by atoms with E-state index in [1.807, 2.05) is 0 Å². The van der Waals surface area contributed by atoms with Gasteiger partial charge in [-0.25, -0.2) is 4.99 Å². The standard InChI is InChI=1S/C26H33N3S/c1-3-21-8-12-23(13-9-21)27-26-29(24-14-10-22(4-2)11-15-24)25(20-30-26)16-19-28-17-6-5-7-18-28/h8-15,20H,3-7,16-19H2,1-2H3. The second kappa shape index (κ2) is 10.2. The minimum absolute atomic E-state index is 1.02. The number of hydrogen-bond acceptors (Lipinski definition) is 3. The molecule has 30 heavy (non-hydrogen) atoms. The Morgan fingerprint density at radius 3 is 2.10 bits per heavy atom. The lowest BCUT2D eigenvalue weighted by atomic mass is 10.1. The summed E-state index contributed by atoms with van der Waals surface area (Å²) in [5.74, 6) is 0. The molecule has 1 aliphatic rings. The number of likely N-dealkylation sites (tertiary alicyclic amines) is 1. The third kappa shape index (κ3) is 5.11. The molecule has 1 aromatic heterocycles. The van der Waals surface area contributed by atoms with Crippen molar-refractivity contribution in [3.8, 4) is 5.69 Å². The highest BCUT2D eigenvalue weighted by atomic mass is 32.1. The largest absolute Gasteiger partial charge is 0.303 e. The third-order valence-corrected chi connectivity index (χ3v) is 6.96. The van der Waals surface area contributed by atoms with Crippen molar-refractivity contribution >= 4 is 17.0 Å². The van der Waals surface area contributed by atoms with Gasteiger partial charge in [0, 0.05) is 29.7 Å². The van der Waals surface area contributed by atoms with Gasteiger partial charge in [0.05, 0.1) is 5.69 Å². The van der Waals surface area contributed by atoms with E-state index in [0.29, 0.717) is 0 Å². The number of piperidine rings is 1. The number of aryl methyl sites for hydroxylation is 2. The molecule has 3 nitrogen and oxygen atoms in total. The fraction of sp³-hybridized carbons (Fsp3) is 0.423. The van der Waals surface area contributed by atoms with Crippen molar-refractivity contribution in [3.63, 3.8) is 0 Å². The molecule has 158 valence electrons. The Kier molecular flexibility index (Phi) is 7.19. The van der Waals surface area contributed by atoms with E-state index in [1.54, 1.807) is 11.3 Å². The topological polar surface area (TPSA) is 20.5 Å². The van der Waals surface area contributed by atoms with Gasteiger partial charge < -0.3 is 4.90 Å². The Morgan fingerprint density at radius 1 is 0.833 bits per heavy atom. The molecular formula is C26H33N3S. The van der Waals surface area contributed by atoms with Gasteiger partial charge in [-0.15, -0.1) is 11.3 Å². The molecule has 0 N–H and O–H groups in total. The summed E-state index contributed by atoms with van der Waals surface area (Å²) in [4.78, 5) is 8.69. The van der Waals surface area contributed by atoms with Crippen molar-refractivity contribution in [2.75, 3.05) is 19.6 Å². The molecule has 0 radical (unpaired) electrons. The molecule has 4 rings (SSSR count). The molecule has 0 bridgehead atoms. The number of aromatic nitrogens is 1. The number of hydrogen-bond donors (Lipinski definition) is 0. The normalized spacial score (nSPS) is 15.6. The first kappa shape index (κ1) is 21.1. The lowest BCUT2D eigenvalue weighted by Gasteiger charge is -2.26. The van der Waals surface area contributed by atoms with Crippen LogP contribution >= 0.6 is 11.3 Å². The smallest absolute Gasteiger partial charge is 0.194 e. The van der Waals surface area contributed by atoms with Crippen molar-refractivity contribution in [2.45, 2.75) is 52.4 Å². The van der Waals surface area contributed by atoms with E-state index in [2.05, 4.69) is 77.2 Å². The van der Waals surface area contributed by atoms with Gasteiger partial charge in [0.15, 0.2) is 4.80 Å². The Morgan fingerprint density at radius 2 is 1.47 bits per heavy atom. The predicted octanol–water partition coefficient (Wildman–Crippen LogP) is 5.92. The lowest BCUT2D eigenvalue weighted by Crippen LogP contribution is -2.32. The Labute approximate surface area is 184 Å². The van der Waals surface area contributed by atoms with E-state index in [9.17, 15) is 0 Å². The van der Waals surface area contributed by atoms with E-state index < -0.39 is 0 Å². The Bertz CT molecular complexity index is 990. The summed E-state index contributed by atoms with van der Waals surface area (Å²) < 4.78 is 2.36. The molecule has 1 aliphatic heterocycles. The molecule has 0 aliphatic carbocycles. The zero-order valence-corrected chi connectivity index (χ0v) is 19.1. The highest BCUT2D eigenvalue weighted by Gasteiger charge is 2.13. The molecule has 0 saturated carbocycles. The summed E-state index contributed by atoms with van der Waals surface area (Å²) in [6, 6.07) is 17.6. The Balaban J connectivity index is 1.67. The predicted molar refractivity (Wildman–Crippen MR) is 128 cm³/mol. The fourth-order valence-corrected chi connectivity index (χ4v) is 5.08. The summed E-state index contributed by atoms with van der Waals surface area (Å²) in [5, 5.41) is 2.30. The van der Waals surface area contributed by atoms with Gasteiger partial charge in [0.1, 0.15) is 0 Å². The van der Waals surface area contributed by atoms with Crippen LogP contribution in [0.2, 0.25) is 0 Å². The first-order valence-electron chi connectivity index (χ1n) is 11.4. The molecule has 4 heteroatoms. The molecular weight excluding hydrogens is 386 g/mol. The van der Waals surface area contributed by atoms with Gasteiger partial charge in [-0.05, 0) is 74.2 Å².